The van der Waals surface area contributed by atoms with Gasteiger partial charge in [-0.15, -0.1) is 0 Å². The van der Waals surface area contributed by atoms with Crippen molar-refractivity contribution < 1.29 is 9.90 Å². The Kier molecular flexibility index (Phi) is 7.01. The third kappa shape index (κ3) is 5.66. The van der Waals surface area contributed by atoms with E-state index in [-0.39, 0.29) is 12.5 Å². The molecule has 2 N–H and O–H groups in total. The molecule has 2 rings (SSSR count). The van der Waals surface area contributed by atoms with E-state index < -0.39 is 0 Å². The molecule has 1 unspecified atom stereocenters. The average Bonchev–Trinajstić information content (AvgIpc) is 2.54. The molecule has 0 bridgehead atoms. The fourth-order valence-electron chi connectivity index (χ4n) is 1.92. The Hall–Kier alpha value is -1.09. The quantitative estimate of drug-likeness (QED) is 0.833. The molecule has 0 aromatic heterocycles. The number of thioether (sulfide) groups is 2. The topological polar surface area (TPSA) is 49.3 Å². The Morgan fingerprint density at radius 2 is 2.33 bits per heavy atom. The van der Waals surface area contributed by atoms with Crippen molar-refractivity contribution in [2.45, 2.75) is 11.7 Å². The second-order valence-corrected chi connectivity index (χ2v) is 7.19. The monoisotopic (exact) mass is 321 g/mol. The zero-order valence-corrected chi connectivity index (χ0v) is 13.4. The van der Waals surface area contributed by atoms with Gasteiger partial charge in [0.15, 0.2) is 0 Å². The summed E-state index contributed by atoms with van der Waals surface area (Å²) in [5, 5.41) is 12.2. The first-order chi connectivity index (χ1) is 10.3. The van der Waals surface area contributed by atoms with Crippen molar-refractivity contribution >= 4 is 29.4 Å². The molecule has 1 aromatic rings. The van der Waals surface area contributed by atoms with Crippen LogP contribution in [0.5, 0.6) is 0 Å². The highest BCUT2D eigenvalue weighted by atomic mass is 32.2. The van der Waals surface area contributed by atoms with Crippen LogP contribution >= 0.6 is 23.5 Å². The van der Waals surface area contributed by atoms with Crippen molar-refractivity contribution in [3.05, 3.63) is 35.4 Å². The van der Waals surface area contributed by atoms with E-state index in [9.17, 15) is 4.79 Å². The predicted octanol–water partition coefficient (Wildman–Crippen LogP) is 2.00. The summed E-state index contributed by atoms with van der Waals surface area (Å²) >= 11 is 3.89. The number of amides is 1. The maximum absolute atomic E-state index is 12.2. The number of nitrogens with one attached hydrogen (secondary N) is 1. The van der Waals surface area contributed by atoms with E-state index in [1.807, 2.05) is 35.7 Å². The number of carbonyl (C=O) groups excluding carboxylic acids is 1. The highest BCUT2D eigenvalue weighted by molar-refractivity contribution is 8.06. The molecule has 3 nitrogen and oxygen atoms in total. The van der Waals surface area contributed by atoms with Gasteiger partial charge in [-0.25, -0.2) is 0 Å². The van der Waals surface area contributed by atoms with Crippen molar-refractivity contribution in [3.63, 3.8) is 0 Å². The molecule has 0 spiro atoms. The number of benzene rings is 1. The van der Waals surface area contributed by atoms with E-state index in [2.05, 4.69) is 17.2 Å². The Morgan fingerprint density at radius 3 is 3.10 bits per heavy atom. The number of rotatable bonds is 4. The molecule has 0 saturated carbocycles. The van der Waals surface area contributed by atoms with E-state index in [1.54, 1.807) is 12.1 Å². The van der Waals surface area contributed by atoms with Crippen molar-refractivity contribution in [3.8, 4) is 11.8 Å². The molecule has 1 saturated heterocycles. The smallest absolute Gasteiger partial charge is 0.251 e. The summed E-state index contributed by atoms with van der Waals surface area (Å²) in [7, 11) is 0. The minimum atomic E-state index is -0.0445. The number of aliphatic hydroxyl groups is 1. The van der Waals surface area contributed by atoms with Crippen LogP contribution in [0.4, 0.5) is 0 Å². The van der Waals surface area contributed by atoms with Crippen LogP contribution in [-0.2, 0) is 0 Å². The summed E-state index contributed by atoms with van der Waals surface area (Å²) in [6, 6.07) is 7.30. The molecular weight excluding hydrogens is 302 g/mol. The Bertz CT molecular complexity index is 531. The van der Waals surface area contributed by atoms with Gasteiger partial charge in [0.05, 0.1) is 6.61 Å². The lowest BCUT2D eigenvalue weighted by atomic mass is 10.1. The van der Waals surface area contributed by atoms with Crippen molar-refractivity contribution in [1.29, 1.82) is 0 Å². The van der Waals surface area contributed by atoms with Gasteiger partial charge in [0, 0.05) is 46.6 Å². The van der Waals surface area contributed by atoms with Gasteiger partial charge in [-0.2, -0.15) is 23.5 Å². The van der Waals surface area contributed by atoms with Crippen LogP contribution in [0.15, 0.2) is 24.3 Å². The predicted molar refractivity (Wildman–Crippen MR) is 90.9 cm³/mol. The molecule has 21 heavy (non-hydrogen) atoms. The lowest BCUT2D eigenvalue weighted by molar-refractivity contribution is 0.0954. The molecule has 1 aliphatic rings. The highest BCUT2D eigenvalue weighted by Gasteiger charge is 2.15. The average molecular weight is 321 g/mol. The number of hydrogen-bond acceptors (Lipinski definition) is 4. The molecule has 1 amide bonds. The second kappa shape index (κ2) is 9.04. The molecule has 0 aliphatic carbocycles. The first-order valence-corrected chi connectivity index (χ1v) is 9.17. The fourth-order valence-corrected chi connectivity index (χ4v) is 4.53. The van der Waals surface area contributed by atoms with Crippen LogP contribution in [0.3, 0.4) is 0 Å². The first-order valence-electron chi connectivity index (χ1n) is 6.97. The van der Waals surface area contributed by atoms with Crippen LogP contribution in [0, 0.1) is 11.8 Å². The molecule has 112 valence electrons. The zero-order valence-electron chi connectivity index (χ0n) is 11.8. The highest BCUT2D eigenvalue weighted by Crippen LogP contribution is 2.23. The maximum Gasteiger partial charge on any atom is 0.251 e. The van der Waals surface area contributed by atoms with Crippen LogP contribution in [-0.4, -0.2) is 46.7 Å². The second-order valence-electron chi connectivity index (χ2n) is 4.63. The Balaban J connectivity index is 1.89. The first kappa shape index (κ1) is 16.3. The van der Waals surface area contributed by atoms with E-state index in [0.29, 0.717) is 17.2 Å². The fraction of sp³-hybridized carbons (Fsp3) is 0.438. The molecule has 1 aliphatic heterocycles. The molecule has 1 atom stereocenters. The van der Waals surface area contributed by atoms with Gasteiger partial charge in [0.25, 0.3) is 5.91 Å². The van der Waals surface area contributed by atoms with Crippen molar-refractivity contribution in [1.82, 2.24) is 5.32 Å². The summed E-state index contributed by atoms with van der Waals surface area (Å²) in [4.78, 5) is 12.2. The van der Waals surface area contributed by atoms with E-state index in [0.717, 1.165) is 17.9 Å². The summed E-state index contributed by atoms with van der Waals surface area (Å²) in [5.74, 6) is 9.26. The van der Waals surface area contributed by atoms with Crippen LogP contribution < -0.4 is 5.32 Å². The zero-order chi connectivity index (χ0) is 14.9. The van der Waals surface area contributed by atoms with Gasteiger partial charge in [-0.3, -0.25) is 4.79 Å². The van der Waals surface area contributed by atoms with Crippen LogP contribution in [0.25, 0.3) is 0 Å². The van der Waals surface area contributed by atoms with Crippen LogP contribution in [0.1, 0.15) is 22.3 Å². The Morgan fingerprint density at radius 1 is 1.43 bits per heavy atom. The molecule has 1 aromatic carbocycles. The standard InChI is InChI=1S/C16H19NO2S2/c18-7-2-1-4-13-5-3-6-14(10-13)16(19)17-11-15-12-20-8-9-21-15/h3,5-6,10,15,18H,2,7-9,11-12H2,(H,17,19). The summed E-state index contributed by atoms with van der Waals surface area (Å²) in [6.45, 7) is 0.779. The van der Waals surface area contributed by atoms with Gasteiger partial charge in [0.1, 0.15) is 0 Å². The van der Waals surface area contributed by atoms with Gasteiger partial charge in [0.2, 0.25) is 0 Å². The summed E-state index contributed by atoms with van der Waals surface area (Å²) < 4.78 is 0. The number of hydrogen-bond donors (Lipinski definition) is 2. The minimum absolute atomic E-state index is 0.0445. The SMILES string of the molecule is O=C(NCC1CSCCS1)c1cccc(C#CCCO)c1. The lowest BCUT2D eigenvalue weighted by Gasteiger charge is -2.21. The normalized spacial score (nSPS) is 17.7. The third-order valence-corrected chi connectivity index (χ3v) is 5.81. The lowest BCUT2D eigenvalue weighted by Crippen LogP contribution is -2.33. The van der Waals surface area contributed by atoms with Crippen molar-refractivity contribution in [2.75, 3.05) is 30.4 Å². The van der Waals surface area contributed by atoms with Crippen LogP contribution in [0.2, 0.25) is 0 Å². The van der Waals surface area contributed by atoms with E-state index in [1.165, 1.54) is 11.5 Å². The number of aliphatic hydroxyl groups excluding tert-OH is 1. The Labute approximate surface area is 134 Å². The molecule has 1 fully saturated rings. The van der Waals surface area contributed by atoms with E-state index >= 15 is 0 Å². The molecule has 1 heterocycles. The van der Waals surface area contributed by atoms with Gasteiger partial charge in [-0.1, -0.05) is 17.9 Å². The third-order valence-electron chi connectivity index (χ3n) is 2.97. The van der Waals surface area contributed by atoms with Gasteiger partial charge in [-0.05, 0) is 18.2 Å². The molecule has 0 radical (unpaired) electrons. The molecular formula is C16H19NO2S2. The minimum Gasteiger partial charge on any atom is -0.395 e. The maximum atomic E-state index is 12.2. The van der Waals surface area contributed by atoms with E-state index in [4.69, 9.17) is 5.11 Å². The van der Waals surface area contributed by atoms with Gasteiger partial charge >= 0.3 is 0 Å². The largest absolute Gasteiger partial charge is 0.395 e. The van der Waals surface area contributed by atoms with Crippen molar-refractivity contribution in [2.24, 2.45) is 0 Å². The summed E-state index contributed by atoms with van der Waals surface area (Å²) in [6.07, 6.45) is 0.451. The summed E-state index contributed by atoms with van der Waals surface area (Å²) in [5.41, 5.74) is 1.44. The molecule has 5 heteroatoms. The van der Waals surface area contributed by atoms with Gasteiger partial charge < -0.3 is 10.4 Å². The number of carbonyl (C=O) groups is 1.